The van der Waals surface area contributed by atoms with Crippen LogP contribution in [0.25, 0.3) is 0 Å². The van der Waals surface area contributed by atoms with Crippen LogP contribution in [-0.4, -0.2) is 66.9 Å². The maximum atomic E-state index is 13.8. The first-order chi connectivity index (χ1) is 23.0. The van der Waals surface area contributed by atoms with Crippen molar-refractivity contribution in [2.75, 3.05) is 32.1 Å². The maximum Gasteiger partial charge on any atom is 0.416 e. The van der Waals surface area contributed by atoms with Crippen LogP contribution in [-0.2, 0) is 17.1 Å². The molecule has 4 amide bonds. The van der Waals surface area contributed by atoms with E-state index in [0.29, 0.717) is 53.8 Å². The molecule has 1 heterocycles. The van der Waals surface area contributed by atoms with Gasteiger partial charge in [0.25, 0.3) is 5.91 Å². The van der Waals surface area contributed by atoms with E-state index in [2.05, 4.69) is 5.32 Å². The van der Waals surface area contributed by atoms with Gasteiger partial charge in [-0.25, -0.2) is 9.18 Å². The van der Waals surface area contributed by atoms with Gasteiger partial charge in [0.1, 0.15) is 5.82 Å². The van der Waals surface area contributed by atoms with E-state index >= 15 is 0 Å². The van der Waals surface area contributed by atoms with Gasteiger partial charge in [-0.1, -0.05) is 30.3 Å². The molecule has 3 aromatic carbocycles. The topological polar surface area (TPSA) is 73.0 Å². The predicted octanol–water partition coefficient (Wildman–Crippen LogP) is 7.33. The van der Waals surface area contributed by atoms with Gasteiger partial charge in [0.2, 0.25) is 5.91 Å². The number of likely N-dealkylation sites (N-methyl/N-ethyl adjacent to an activating group) is 1. The van der Waals surface area contributed by atoms with E-state index in [1.165, 1.54) is 36.2 Å². The Kier molecular flexibility index (Phi) is 10.3. The summed E-state index contributed by atoms with van der Waals surface area (Å²) in [6.07, 6.45) is -8.02. The Morgan fingerprint density at radius 1 is 0.776 bits per heavy atom. The van der Waals surface area contributed by atoms with E-state index in [1.54, 1.807) is 29.2 Å². The third-order valence-corrected chi connectivity index (χ3v) is 9.39. The number of carbonyl (C=O) groups excluding carboxylic acids is 3. The van der Waals surface area contributed by atoms with E-state index < -0.39 is 53.0 Å². The maximum absolute atomic E-state index is 13.8. The van der Waals surface area contributed by atoms with Gasteiger partial charge < -0.3 is 15.1 Å². The van der Waals surface area contributed by atoms with Gasteiger partial charge in [-0.15, -0.1) is 0 Å². The van der Waals surface area contributed by atoms with Crippen LogP contribution >= 0.6 is 0 Å². The first-order valence-corrected chi connectivity index (χ1v) is 15.7. The molecule has 0 bridgehead atoms. The fourth-order valence-electron chi connectivity index (χ4n) is 6.62. The monoisotopic (exact) mass is 692 g/mol. The second-order valence-corrected chi connectivity index (χ2v) is 12.6. The lowest BCUT2D eigenvalue weighted by Crippen LogP contribution is -2.48. The summed E-state index contributed by atoms with van der Waals surface area (Å²) in [6.45, 7) is 0.195. The molecule has 1 N–H and O–H groups in total. The van der Waals surface area contributed by atoms with Crippen LogP contribution in [0.2, 0.25) is 0 Å². The van der Waals surface area contributed by atoms with Crippen LogP contribution in [0.4, 0.5) is 41.2 Å². The second-order valence-electron chi connectivity index (χ2n) is 12.6. The molecule has 7 nitrogen and oxygen atoms in total. The molecule has 14 heteroatoms. The molecule has 2 atom stereocenters. The molecular weight excluding hydrogens is 657 g/mol. The van der Waals surface area contributed by atoms with E-state index in [0.717, 1.165) is 7.05 Å². The number of anilines is 1. The van der Waals surface area contributed by atoms with Crippen molar-refractivity contribution in [3.8, 4) is 0 Å². The van der Waals surface area contributed by atoms with Crippen molar-refractivity contribution in [1.29, 1.82) is 0 Å². The molecule has 2 aliphatic rings. The SMILES string of the molecule is CN(C(=O)N(C)[C@@H]1CN(C(=O)[C@H]2CC[C@H](NC(=O)c3ccccc3)CC2)C[C@H]1c1ccc(F)cc1)c1cc(C(F)(F)F)cc(C(F)(F)F)c1. The highest BCUT2D eigenvalue weighted by Crippen LogP contribution is 2.39. The molecule has 3 aromatic rings. The van der Waals surface area contributed by atoms with E-state index in [-0.39, 0.29) is 42.9 Å². The Hall–Kier alpha value is -4.62. The van der Waals surface area contributed by atoms with Crippen LogP contribution in [0.5, 0.6) is 0 Å². The van der Waals surface area contributed by atoms with Crippen molar-refractivity contribution in [1.82, 2.24) is 15.1 Å². The first kappa shape index (κ1) is 35.7. The Morgan fingerprint density at radius 2 is 1.35 bits per heavy atom. The number of hydrogen-bond acceptors (Lipinski definition) is 3. The van der Waals surface area contributed by atoms with Crippen molar-refractivity contribution in [3.63, 3.8) is 0 Å². The second kappa shape index (κ2) is 14.1. The van der Waals surface area contributed by atoms with Crippen molar-refractivity contribution < 1.29 is 45.1 Å². The van der Waals surface area contributed by atoms with Crippen molar-refractivity contribution >= 4 is 23.5 Å². The van der Waals surface area contributed by atoms with Crippen LogP contribution < -0.4 is 10.2 Å². The van der Waals surface area contributed by atoms with Gasteiger partial charge in [0, 0.05) is 56.3 Å². The molecule has 0 radical (unpaired) electrons. The van der Waals surface area contributed by atoms with Gasteiger partial charge >= 0.3 is 18.4 Å². The third kappa shape index (κ3) is 8.16. The van der Waals surface area contributed by atoms with E-state index in [1.807, 2.05) is 6.07 Å². The first-order valence-electron chi connectivity index (χ1n) is 15.7. The minimum Gasteiger partial charge on any atom is -0.349 e. The smallest absolute Gasteiger partial charge is 0.349 e. The molecule has 49 heavy (non-hydrogen) atoms. The quantitative estimate of drug-likeness (QED) is 0.275. The minimum absolute atomic E-state index is 0.0127. The van der Waals surface area contributed by atoms with Gasteiger partial charge in [0.05, 0.1) is 17.2 Å². The zero-order valence-electron chi connectivity index (χ0n) is 26.7. The molecule has 1 saturated carbocycles. The Morgan fingerprint density at radius 3 is 1.90 bits per heavy atom. The Bertz CT molecular complexity index is 1620. The highest BCUT2D eigenvalue weighted by Gasteiger charge is 2.43. The molecule has 1 aliphatic carbocycles. The summed E-state index contributed by atoms with van der Waals surface area (Å²) in [5.74, 6) is -1.74. The van der Waals surface area contributed by atoms with Crippen LogP contribution in [0.1, 0.15) is 58.6 Å². The number of halogens is 7. The molecule has 2 fully saturated rings. The van der Waals surface area contributed by atoms with E-state index in [9.17, 15) is 45.1 Å². The van der Waals surface area contributed by atoms with Gasteiger partial charge in [-0.05, 0) is 73.7 Å². The molecule has 1 aliphatic heterocycles. The lowest BCUT2D eigenvalue weighted by Gasteiger charge is -2.33. The van der Waals surface area contributed by atoms with Gasteiger partial charge in [0.15, 0.2) is 0 Å². The Balaban J connectivity index is 1.32. The number of nitrogens with one attached hydrogen (secondary N) is 1. The molecule has 0 spiro atoms. The zero-order chi connectivity index (χ0) is 35.7. The summed E-state index contributed by atoms with van der Waals surface area (Å²) < 4.78 is 95.0. The minimum atomic E-state index is -5.10. The summed E-state index contributed by atoms with van der Waals surface area (Å²) in [4.78, 5) is 43.6. The lowest BCUT2D eigenvalue weighted by atomic mass is 9.85. The molecule has 5 rings (SSSR count). The fraction of sp³-hybridized carbons (Fsp3) is 0.400. The average molecular weight is 693 g/mol. The number of alkyl halides is 6. The van der Waals surface area contributed by atoms with E-state index in [4.69, 9.17) is 0 Å². The standard InChI is InChI=1S/C35H35F7N4O3/c1-44(28-17-24(34(37,38)39)16-25(18-28)35(40,41)42)33(49)45(2)30-20-46(19-29(30)21-8-12-26(36)13-9-21)32(48)23-10-14-27(15-11-23)43-31(47)22-6-4-3-5-7-22/h3-9,12-13,16-18,23,27,29-30H,10-11,14-15,19-20H2,1-2H3,(H,43,47)/t23-,27-,29-,30+/m0/s1. The number of hydrogen-bond donors (Lipinski definition) is 1. The number of benzene rings is 3. The van der Waals surface area contributed by atoms with Crippen molar-refractivity contribution in [3.05, 3.63) is 101 Å². The number of urea groups is 1. The summed E-state index contributed by atoms with van der Waals surface area (Å²) >= 11 is 0. The third-order valence-electron chi connectivity index (χ3n) is 9.39. The lowest BCUT2D eigenvalue weighted by molar-refractivity contribution is -0.143. The highest BCUT2D eigenvalue weighted by molar-refractivity contribution is 5.94. The van der Waals surface area contributed by atoms with Gasteiger partial charge in [-0.2, -0.15) is 26.3 Å². The number of likely N-dealkylation sites (tertiary alicyclic amines) is 1. The summed E-state index contributed by atoms with van der Waals surface area (Å²) in [5.41, 5.74) is -2.59. The number of nitrogens with zero attached hydrogens (tertiary/aromatic N) is 3. The summed E-state index contributed by atoms with van der Waals surface area (Å²) in [6, 6.07) is 13.5. The number of carbonyl (C=O) groups is 3. The predicted molar refractivity (Wildman–Crippen MR) is 167 cm³/mol. The van der Waals surface area contributed by atoms with Crippen molar-refractivity contribution in [2.24, 2.45) is 5.92 Å². The largest absolute Gasteiger partial charge is 0.416 e. The molecule has 262 valence electrons. The van der Waals surface area contributed by atoms with Gasteiger partial charge in [-0.3, -0.25) is 14.5 Å². The zero-order valence-corrected chi connectivity index (χ0v) is 26.7. The Labute approximate surface area is 278 Å². The average Bonchev–Trinajstić information content (AvgIpc) is 3.52. The molecular formula is C35H35F7N4O3. The fourth-order valence-corrected chi connectivity index (χ4v) is 6.62. The van der Waals surface area contributed by atoms with Crippen molar-refractivity contribution in [2.45, 2.75) is 56.0 Å². The van der Waals surface area contributed by atoms with Crippen LogP contribution in [0, 0.1) is 11.7 Å². The summed E-state index contributed by atoms with van der Waals surface area (Å²) in [7, 11) is 2.45. The molecule has 1 saturated heterocycles. The molecule has 0 unspecified atom stereocenters. The molecule has 0 aromatic heterocycles. The highest BCUT2D eigenvalue weighted by atomic mass is 19.4. The normalized spacial score (nSPS) is 21.3. The van der Waals surface area contributed by atoms with Crippen LogP contribution in [0.15, 0.2) is 72.8 Å². The van der Waals surface area contributed by atoms with Crippen LogP contribution in [0.3, 0.4) is 0 Å². The number of rotatable bonds is 6. The summed E-state index contributed by atoms with van der Waals surface area (Å²) in [5, 5.41) is 3.01. The number of amides is 4.